The van der Waals surface area contributed by atoms with E-state index in [1.54, 1.807) is 0 Å². The normalized spacial score (nSPS) is 25.1. The van der Waals surface area contributed by atoms with Crippen LogP contribution < -0.4 is 16.0 Å². The maximum absolute atomic E-state index is 14.3. The van der Waals surface area contributed by atoms with Crippen molar-refractivity contribution in [3.63, 3.8) is 0 Å². The molecule has 4 rings (SSSR count). The van der Waals surface area contributed by atoms with E-state index in [0.29, 0.717) is 48.9 Å². The highest BCUT2D eigenvalue weighted by atomic mass is 32.2. The van der Waals surface area contributed by atoms with Gasteiger partial charge >= 0.3 is 6.03 Å². The number of urea groups is 1. The minimum atomic E-state index is -0.371. The summed E-state index contributed by atoms with van der Waals surface area (Å²) < 4.78 is 0. The first-order valence-corrected chi connectivity index (χ1v) is 21.4. The van der Waals surface area contributed by atoms with E-state index < -0.39 is 0 Å². The first kappa shape index (κ1) is 41.7. The van der Waals surface area contributed by atoms with E-state index >= 15 is 0 Å². The second-order valence-electron chi connectivity index (χ2n) is 16.8. The van der Waals surface area contributed by atoms with Gasteiger partial charge in [0.15, 0.2) is 0 Å². The monoisotopic (exact) mass is 734 g/mol. The zero-order valence-corrected chi connectivity index (χ0v) is 33.6. The van der Waals surface area contributed by atoms with Crippen molar-refractivity contribution >= 4 is 35.5 Å². The van der Waals surface area contributed by atoms with Gasteiger partial charge in [0.1, 0.15) is 6.04 Å². The number of hydrogen-bond acceptors (Lipinski definition) is 7. The van der Waals surface area contributed by atoms with Gasteiger partial charge in [-0.25, -0.2) is 4.79 Å². The zero-order valence-electron chi connectivity index (χ0n) is 32.8. The number of carbonyl (C=O) groups excluding carboxylic acids is 4. The number of piperidine rings is 1. The molecule has 0 aromatic rings. The molecular weight excluding hydrogens is 663 g/mol. The van der Waals surface area contributed by atoms with Crippen molar-refractivity contribution in [2.75, 3.05) is 65.7 Å². The number of nitrogens with one attached hydrogen (secondary N) is 3. The zero-order chi connectivity index (χ0) is 36.9. The van der Waals surface area contributed by atoms with Gasteiger partial charge in [-0.1, -0.05) is 40.5 Å². The van der Waals surface area contributed by atoms with Gasteiger partial charge in [-0.05, 0) is 109 Å². The van der Waals surface area contributed by atoms with Crippen LogP contribution in [0.15, 0.2) is 0 Å². The van der Waals surface area contributed by atoms with Gasteiger partial charge in [0.05, 0.1) is 18.1 Å². The fourth-order valence-electron chi connectivity index (χ4n) is 8.33. The number of thioether (sulfide) groups is 1. The summed E-state index contributed by atoms with van der Waals surface area (Å²) in [5.74, 6) is 2.91. The van der Waals surface area contributed by atoms with E-state index in [1.807, 2.05) is 16.7 Å². The second kappa shape index (κ2) is 21.0. The van der Waals surface area contributed by atoms with E-state index in [-0.39, 0.29) is 47.9 Å². The van der Waals surface area contributed by atoms with Gasteiger partial charge in [0.2, 0.25) is 17.7 Å². The van der Waals surface area contributed by atoms with E-state index in [1.165, 1.54) is 6.42 Å². The first-order chi connectivity index (χ1) is 24.4. The third-order valence-electron chi connectivity index (χ3n) is 11.4. The molecule has 0 aromatic carbocycles. The number of fused-ring (bicyclic) bond motifs is 1. The fourth-order valence-corrected chi connectivity index (χ4v) is 9.88. The molecule has 51 heavy (non-hydrogen) atoms. The topological polar surface area (TPSA) is 117 Å². The molecule has 0 spiro atoms. The minimum absolute atomic E-state index is 0.0485. The van der Waals surface area contributed by atoms with Crippen molar-refractivity contribution in [2.24, 2.45) is 17.8 Å². The van der Waals surface area contributed by atoms with E-state index in [9.17, 15) is 19.2 Å². The predicted octanol–water partition coefficient (Wildman–Crippen LogP) is 4.55. The Morgan fingerprint density at radius 2 is 1.67 bits per heavy atom. The van der Waals surface area contributed by atoms with Crippen LogP contribution in [0.5, 0.6) is 0 Å². The van der Waals surface area contributed by atoms with Gasteiger partial charge in [-0.15, -0.1) is 0 Å². The minimum Gasteiger partial charge on any atom is -0.356 e. The Morgan fingerprint density at radius 3 is 2.37 bits per heavy atom. The highest BCUT2D eigenvalue weighted by Gasteiger charge is 2.43. The van der Waals surface area contributed by atoms with E-state index in [4.69, 9.17) is 0 Å². The molecule has 3 N–H and O–H groups in total. The number of nitrogens with zero attached hydrogens (tertiary/aromatic N) is 4. The lowest BCUT2D eigenvalue weighted by Gasteiger charge is -2.45. The Hall–Kier alpha value is -2.05. The number of hydrogen-bond donors (Lipinski definition) is 3. The molecule has 4 heterocycles. The first-order valence-electron chi connectivity index (χ1n) is 20.4. The molecule has 292 valence electrons. The smallest absolute Gasteiger partial charge is 0.315 e. The largest absolute Gasteiger partial charge is 0.356 e. The quantitative estimate of drug-likeness (QED) is 0.117. The summed E-state index contributed by atoms with van der Waals surface area (Å²) in [6.45, 7) is 14.4. The summed E-state index contributed by atoms with van der Waals surface area (Å²) in [7, 11) is 4.24. The Kier molecular flexibility index (Phi) is 17.2. The molecule has 2 unspecified atom stereocenters. The van der Waals surface area contributed by atoms with Crippen molar-refractivity contribution in [3.8, 4) is 0 Å². The molecule has 0 bridgehead atoms. The van der Waals surface area contributed by atoms with Gasteiger partial charge in [0.25, 0.3) is 0 Å². The van der Waals surface area contributed by atoms with Crippen LogP contribution >= 0.6 is 11.8 Å². The number of amides is 5. The summed E-state index contributed by atoms with van der Waals surface area (Å²) in [4.78, 5) is 61.0. The summed E-state index contributed by atoms with van der Waals surface area (Å²) in [6, 6.07) is -0.112. The van der Waals surface area contributed by atoms with E-state index in [2.05, 4.69) is 72.4 Å². The molecule has 5 atom stereocenters. The molecule has 4 saturated heterocycles. The number of piperazine rings is 1. The van der Waals surface area contributed by atoms with Crippen LogP contribution in [-0.4, -0.2) is 138 Å². The molecule has 5 amide bonds. The number of carbonyl (C=O) groups is 4. The standard InChI is InChI=1S/C39H71N7O4S/c1-28(2)14-15-32-38(49)46(33(26-29(3)4)37(48)45-22-17-30(18-23-45)16-21-43(5)6)25-24-44(32)20-11-7-10-19-40-35(47)13-9-8-12-34-36-31(27-51-34)41-39(50)42-36/h28-34,36H,7-27H2,1-6H3,(H,40,47)(H2,41,42,50)/t31?,32-,33-,34-,36?/m0/s1. The van der Waals surface area contributed by atoms with E-state index in [0.717, 1.165) is 103 Å². The van der Waals surface area contributed by atoms with Crippen LogP contribution in [0.3, 0.4) is 0 Å². The molecule has 4 aliphatic heterocycles. The Morgan fingerprint density at radius 1 is 0.902 bits per heavy atom. The molecule has 12 heteroatoms. The molecule has 4 aliphatic rings. The van der Waals surface area contributed by atoms with Crippen LogP contribution in [-0.2, 0) is 14.4 Å². The van der Waals surface area contributed by atoms with Gasteiger partial charge < -0.3 is 30.7 Å². The van der Waals surface area contributed by atoms with Crippen molar-refractivity contribution in [2.45, 2.75) is 141 Å². The van der Waals surface area contributed by atoms with Crippen LogP contribution in [0.4, 0.5) is 4.79 Å². The second-order valence-corrected chi connectivity index (χ2v) is 18.1. The fraction of sp³-hybridized carbons (Fsp3) is 0.897. The number of unbranched alkanes of at least 4 members (excludes halogenated alkanes) is 3. The van der Waals surface area contributed by atoms with Gasteiger partial charge in [-0.2, -0.15) is 11.8 Å². The maximum atomic E-state index is 14.3. The molecule has 4 fully saturated rings. The third-order valence-corrected chi connectivity index (χ3v) is 13.0. The lowest BCUT2D eigenvalue weighted by Crippen LogP contribution is -2.63. The molecule has 0 aliphatic carbocycles. The Balaban J connectivity index is 1.18. The molecule has 11 nitrogen and oxygen atoms in total. The molecular formula is C39H71N7O4S. The van der Waals surface area contributed by atoms with Crippen LogP contribution in [0.2, 0.25) is 0 Å². The van der Waals surface area contributed by atoms with Crippen LogP contribution in [0, 0.1) is 17.8 Å². The van der Waals surface area contributed by atoms with Crippen molar-refractivity contribution < 1.29 is 19.2 Å². The highest BCUT2D eigenvalue weighted by Crippen LogP contribution is 2.33. The lowest BCUT2D eigenvalue weighted by molar-refractivity contribution is -0.154. The SMILES string of the molecule is CC(C)CC[C@H]1C(=O)N([C@@H](CC(C)C)C(=O)N2CCC(CCN(C)C)CC2)CCN1CCCCCNC(=O)CCCC[C@@H]1SCC2NC(=O)NC21. The van der Waals surface area contributed by atoms with Crippen molar-refractivity contribution in [3.05, 3.63) is 0 Å². The third kappa shape index (κ3) is 13.1. The number of likely N-dealkylation sites (tertiary alicyclic amines) is 1. The summed E-state index contributed by atoms with van der Waals surface area (Å²) in [5.41, 5.74) is 0. The molecule has 0 aromatic heterocycles. The lowest BCUT2D eigenvalue weighted by atomic mass is 9.91. The van der Waals surface area contributed by atoms with Crippen LogP contribution in [0.1, 0.15) is 111 Å². The molecule has 0 saturated carbocycles. The maximum Gasteiger partial charge on any atom is 0.315 e. The molecule has 0 radical (unpaired) electrons. The van der Waals surface area contributed by atoms with Crippen molar-refractivity contribution in [1.82, 2.24) is 35.6 Å². The average molecular weight is 734 g/mol. The van der Waals surface area contributed by atoms with Crippen LogP contribution in [0.25, 0.3) is 0 Å². The van der Waals surface area contributed by atoms with Crippen molar-refractivity contribution in [1.29, 1.82) is 0 Å². The predicted molar refractivity (Wildman–Crippen MR) is 208 cm³/mol. The van der Waals surface area contributed by atoms with Gasteiger partial charge in [-0.3, -0.25) is 19.3 Å². The Labute approximate surface area is 313 Å². The average Bonchev–Trinajstić information content (AvgIpc) is 3.64. The summed E-state index contributed by atoms with van der Waals surface area (Å²) in [5, 5.41) is 9.57. The summed E-state index contributed by atoms with van der Waals surface area (Å²) in [6.07, 6.45) is 12.2. The Bertz CT molecular complexity index is 1120. The number of rotatable bonds is 21. The highest BCUT2D eigenvalue weighted by molar-refractivity contribution is 8.00. The van der Waals surface area contributed by atoms with Gasteiger partial charge in [0, 0.05) is 50.1 Å². The summed E-state index contributed by atoms with van der Waals surface area (Å²) >= 11 is 1.92.